The lowest BCUT2D eigenvalue weighted by Gasteiger charge is -2.33. The van der Waals surface area contributed by atoms with Gasteiger partial charge in [0.25, 0.3) is 0 Å². The number of nitrogens with zero attached hydrogens (tertiary/aromatic N) is 2. The van der Waals surface area contributed by atoms with Gasteiger partial charge in [-0.15, -0.1) is 12.4 Å². The van der Waals surface area contributed by atoms with Crippen molar-refractivity contribution in [1.29, 1.82) is 0 Å². The van der Waals surface area contributed by atoms with E-state index >= 15 is 0 Å². The molecule has 24 heavy (non-hydrogen) atoms. The molecule has 6 heteroatoms. The lowest BCUT2D eigenvalue weighted by molar-refractivity contribution is -0.139. The van der Waals surface area contributed by atoms with Gasteiger partial charge in [-0.05, 0) is 18.4 Å². The smallest absolute Gasteiger partial charge is 0.227 e. The lowest BCUT2D eigenvalue weighted by Crippen LogP contribution is -2.46. The average molecular weight is 352 g/mol. The van der Waals surface area contributed by atoms with E-state index in [1.165, 1.54) is 5.56 Å². The minimum atomic E-state index is -0.0747. The Labute approximate surface area is 149 Å². The van der Waals surface area contributed by atoms with Crippen molar-refractivity contribution in [3.05, 3.63) is 35.9 Å². The summed E-state index contributed by atoms with van der Waals surface area (Å²) >= 11 is 0. The highest BCUT2D eigenvalue weighted by Crippen LogP contribution is 2.29. The Kier molecular flexibility index (Phi) is 6.24. The number of carbonyl (C=O) groups excluding carboxylic acids is 2. The predicted molar refractivity (Wildman–Crippen MR) is 96.0 cm³/mol. The zero-order chi connectivity index (χ0) is 16.4. The quantitative estimate of drug-likeness (QED) is 0.880. The fraction of sp³-hybridized carbons (Fsp3) is 0.556. The number of likely N-dealkylation sites (tertiary alicyclic amines) is 2. The molecule has 0 aromatic heterocycles. The molecule has 0 spiro atoms. The third-order valence-electron chi connectivity index (χ3n) is 5.12. The van der Waals surface area contributed by atoms with Crippen molar-refractivity contribution < 1.29 is 9.59 Å². The molecule has 0 bridgehead atoms. The number of amides is 2. The molecule has 0 aliphatic carbocycles. The van der Waals surface area contributed by atoms with Gasteiger partial charge >= 0.3 is 0 Å². The number of benzene rings is 1. The minimum absolute atomic E-state index is 0. The van der Waals surface area contributed by atoms with E-state index in [0.29, 0.717) is 19.6 Å². The summed E-state index contributed by atoms with van der Waals surface area (Å²) in [5.74, 6) is 0.342. The highest BCUT2D eigenvalue weighted by Gasteiger charge is 2.37. The van der Waals surface area contributed by atoms with Gasteiger partial charge in [-0.1, -0.05) is 30.3 Å². The minimum Gasteiger partial charge on any atom is -0.342 e. The van der Waals surface area contributed by atoms with Crippen LogP contribution < -0.4 is 5.73 Å². The summed E-state index contributed by atoms with van der Waals surface area (Å²) in [7, 11) is 0. The van der Waals surface area contributed by atoms with Crippen molar-refractivity contribution >= 4 is 24.2 Å². The van der Waals surface area contributed by atoms with Crippen LogP contribution >= 0.6 is 12.4 Å². The normalized spacial score (nSPS) is 26.8. The summed E-state index contributed by atoms with van der Waals surface area (Å²) in [6.07, 6.45) is 1.77. The molecule has 2 fully saturated rings. The molecule has 0 radical (unpaired) electrons. The van der Waals surface area contributed by atoms with Crippen molar-refractivity contribution in [3.63, 3.8) is 0 Å². The van der Waals surface area contributed by atoms with Gasteiger partial charge in [-0.25, -0.2) is 0 Å². The van der Waals surface area contributed by atoms with Crippen LogP contribution in [0.25, 0.3) is 0 Å². The number of hydrogen-bond acceptors (Lipinski definition) is 3. The Morgan fingerprint density at radius 1 is 1.08 bits per heavy atom. The second-order valence-electron chi connectivity index (χ2n) is 6.73. The molecule has 2 amide bonds. The average Bonchev–Trinajstić information content (AvgIpc) is 2.97. The van der Waals surface area contributed by atoms with Crippen LogP contribution in [-0.4, -0.2) is 53.8 Å². The second kappa shape index (κ2) is 7.99. The molecule has 3 atom stereocenters. The topological polar surface area (TPSA) is 66.6 Å². The van der Waals surface area contributed by atoms with E-state index in [-0.39, 0.29) is 42.1 Å². The number of carbonyl (C=O) groups is 2. The van der Waals surface area contributed by atoms with E-state index in [4.69, 9.17) is 5.73 Å². The molecule has 2 aliphatic heterocycles. The molecule has 1 unspecified atom stereocenters. The molecule has 5 nitrogen and oxygen atoms in total. The van der Waals surface area contributed by atoms with Crippen LogP contribution in [-0.2, 0) is 9.59 Å². The fourth-order valence-electron chi connectivity index (χ4n) is 3.78. The molecule has 1 aromatic rings. The van der Waals surface area contributed by atoms with Crippen LogP contribution in [0.1, 0.15) is 31.2 Å². The number of rotatable bonds is 2. The summed E-state index contributed by atoms with van der Waals surface area (Å²) in [5.41, 5.74) is 7.48. The van der Waals surface area contributed by atoms with Crippen LogP contribution in [0, 0.1) is 5.92 Å². The Morgan fingerprint density at radius 3 is 2.46 bits per heavy atom. The van der Waals surface area contributed by atoms with Crippen LogP contribution in [0.4, 0.5) is 0 Å². The highest BCUT2D eigenvalue weighted by molar-refractivity contribution is 5.85. The number of nitrogens with two attached hydrogens (primary N) is 1. The summed E-state index contributed by atoms with van der Waals surface area (Å²) in [6, 6.07) is 10.2. The Bertz CT molecular complexity index is 581. The fourth-order valence-corrected chi connectivity index (χ4v) is 3.78. The number of piperidine rings is 1. The maximum Gasteiger partial charge on any atom is 0.227 e. The van der Waals surface area contributed by atoms with Crippen molar-refractivity contribution in [2.45, 2.75) is 31.7 Å². The molecule has 1 aromatic carbocycles. The van der Waals surface area contributed by atoms with E-state index in [2.05, 4.69) is 12.1 Å². The van der Waals surface area contributed by atoms with Crippen molar-refractivity contribution in [3.8, 4) is 0 Å². The van der Waals surface area contributed by atoms with Gasteiger partial charge in [-0.2, -0.15) is 0 Å². The predicted octanol–water partition coefficient (Wildman–Crippen LogP) is 1.62. The standard InChI is InChI=1S/C18H25N3O2.ClH/c1-13(22)20-9-5-8-15(10-20)18(23)21-11-16(17(19)12-21)14-6-3-2-4-7-14;/h2-4,6-7,15-17H,5,8-12,19H2,1H3;1H/t15?,16-,17+;/m0./s1. The third-order valence-corrected chi connectivity index (χ3v) is 5.12. The molecular formula is C18H26ClN3O2. The molecule has 2 heterocycles. The van der Waals surface area contributed by atoms with Crippen LogP contribution in [0.2, 0.25) is 0 Å². The first-order chi connectivity index (χ1) is 11.1. The van der Waals surface area contributed by atoms with Crippen molar-refractivity contribution in [2.75, 3.05) is 26.2 Å². The number of halogens is 1. The van der Waals surface area contributed by atoms with Crippen LogP contribution in [0.3, 0.4) is 0 Å². The Balaban J connectivity index is 0.00000208. The van der Waals surface area contributed by atoms with E-state index < -0.39 is 0 Å². The molecule has 132 valence electrons. The Morgan fingerprint density at radius 2 is 1.79 bits per heavy atom. The maximum absolute atomic E-state index is 12.8. The molecule has 2 aliphatic rings. The largest absolute Gasteiger partial charge is 0.342 e. The second-order valence-corrected chi connectivity index (χ2v) is 6.73. The van der Waals surface area contributed by atoms with Gasteiger partial charge in [0.2, 0.25) is 11.8 Å². The summed E-state index contributed by atoms with van der Waals surface area (Å²) in [6.45, 7) is 4.18. The van der Waals surface area contributed by atoms with Crippen molar-refractivity contribution in [1.82, 2.24) is 9.80 Å². The lowest BCUT2D eigenvalue weighted by atomic mass is 9.95. The van der Waals surface area contributed by atoms with Crippen LogP contribution in [0.5, 0.6) is 0 Å². The molecule has 2 N–H and O–H groups in total. The maximum atomic E-state index is 12.8. The zero-order valence-corrected chi connectivity index (χ0v) is 14.9. The Hall–Kier alpha value is -1.59. The monoisotopic (exact) mass is 351 g/mol. The molecule has 2 saturated heterocycles. The SMILES string of the molecule is CC(=O)N1CCCC(C(=O)N2C[C@@H](N)[C@H](c3ccccc3)C2)C1.Cl. The molecular weight excluding hydrogens is 326 g/mol. The summed E-state index contributed by atoms with van der Waals surface area (Å²) in [5, 5.41) is 0. The van der Waals surface area contributed by atoms with Gasteiger partial charge in [-0.3, -0.25) is 9.59 Å². The van der Waals surface area contributed by atoms with Gasteiger partial charge < -0.3 is 15.5 Å². The van der Waals surface area contributed by atoms with Gasteiger partial charge in [0.05, 0.1) is 5.92 Å². The van der Waals surface area contributed by atoms with Crippen LogP contribution in [0.15, 0.2) is 30.3 Å². The number of hydrogen-bond donors (Lipinski definition) is 1. The summed E-state index contributed by atoms with van der Waals surface area (Å²) in [4.78, 5) is 28.1. The van der Waals surface area contributed by atoms with Gasteiger partial charge in [0.1, 0.15) is 0 Å². The van der Waals surface area contributed by atoms with E-state index in [0.717, 1.165) is 19.4 Å². The first-order valence-electron chi connectivity index (χ1n) is 8.41. The van der Waals surface area contributed by atoms with E-state index in [9.17, 15) is 9.59 Å². The summed E-state index contributed by atoms with van der Waals surface area (Å²) < 4.78 is 0. The third kappa shape index (κ3) is 3.90. The highest BCUT2D eigenvalue weighted by atomic mass is 35.5. The molecule has 3 rings (SSSR count). The first kappa shape index (κ1) is 18.7. The van der Waals surface area contributed by atoms with Crippen molar-refractivity contribution in [2.24, 2.45) is 11.7 Å². The van der Waals surface area contributed by atoms with E-state index in [1.807, 2.05) is 23.1 Å². The van der Waals surface area contributed by atoms with Gasteiger partial charge in [0, 0.05) is 45.1 Å². The zero-order valence-electron chi connectivity index (χ0n) is 14.1. The molecule has 0 saturated carbocycles. The van der Waals surface area contributed by atoms with E-state index in [1.54, 1.807) is 11.8 Å². The first-order valence-corrected chi connectivity index (χ1v) is 8.41. The van der Waals surface area contributed by atoms with Gasteiger partial charge in [0.15, 0.2) is 0 Å².